The first-order valence-electron chi connectivity index (χ1n) is 6.62. The van der Waals surface area contributed by atoms with Gasteiger partial charge in [-0.1, -0.05) is 18.2 Å². The Morgan fingerprint density at radius 2 is 1.95 bits per heavy atom. The molecule has 0 radical (unpaired) electrons. The van der Waals surface area contributed by atoms with Crippen LogP contribution in [0, 0.1) is 0 Å². The summed E-state index contributed by atoms with van der Waals surface area (Å²) in [4.78, 5) is 12.3. The Balaban J connectivity index is 1.85. The van der Waals surface area contributed by atoms with Crippen molar-refractivity contribution in [1.82, 2.24) is 19.9 Å². The molecule has 0 aliphatic rings. The number of benzene rings is 1. The van der Waals surface area contributed by atoms with Crippen molar-refractivity contribution in [3.63, 3.8) is 0 Å². The van der Waals surface area contributed by atoms with Gasteiger partial charge < -0.3 is 11.1 Å². The average molecular weight is 281 g/mol. The smallest absolute Gasteiger partial charge is 0.253 e. The molecule has 3 N–H and O–H groups in total. The Bertz CT molecular complexity index is 795. The van der Waals surface area contributed by atoms with E-state index in [-0.39, 0.29) is 11.9 Å². The van der Waals surface area contributed by atoms with Crippen LogP contribution in [-0.2, 0) is 0 Å². The number of anilines is 1. The standard InChI is InChI=1S/C15H15N5O/c1-10(14-19-18-13-8-4-5-9-20(13)14)17-15(21)11-6-2-3-7-12(11)16/h2-10H,16H2,1H3,(H,17,21). The number of rotatable bonds is 3. The van der Waals surface area contributed by atoms with E-state index >= 15 is 0 Å². The maximum absolute atomic E-state index is 12.3. The number of nitrogens with one attached hydrogen (secondary N) is 1. The van der Waals surface area contributed by atoms with E-state index in [1.165, 1.54) is 0 Å². The van der Waals surface area contributed by atoms with Crippen LogP contribution in [0.5, 0.6) is 0 Å². The predicted octanol–water partition coefficient (Wildman–Crippen LogP) is 1.80. The SMILES string of the molecule is CC(NC(=O)c1ccccc1N)c1nnc2ccccn12. The number of hydrogen-bond donors (Lipinski definition) is 2. The van der Waals surface area contributed by atoms with Crippen molar-refractivity contribution in [3.8, 4) is 0 Å². The van der Waals surface area contributed by atoms with E-state index in [0.717, 1.165) is 5.65 Å². The molecular formula is C15H15N5O. The third kappa shape index (κ3) is 2.43. The molecule has 6 nitrogen and oxygen atoms in total. The molecule has 21 heavy (non-hydrogen) atoms. The monoisotopic (exact) mass is 281 g/mol. The van der Waals surface area contributed by atoms with Gasteiger partial charge in [-0.05, 0) is 31.2 Å². The summed E-state index contributed by atoms with van der Waals surface area (Å²) in [5.41, 5.74) is 7.46. The van der Waals surface area contributed by atoms with Gasteiger partial charge in [-0.3, -0.25) is 9.20 Å². The second-order valence-corrected chi connectivity index (χ2v) is 4.77. The largest absolute Gasteiger partial charge is 0.398 e. The van der Waals surface area contributed by atoms with Gasteiger partial charge in [0.15, 0.2) is 11.5 Å². The summed E-state index contributed by atoms with van der Waals surface area (Å²) < 4.78 is 1.85. The highest BCUT2D eigenvalue weighted by Gasteiger charge is 2.17. The number of hydrogen-bond acceptors (Lipinski definition) is 4. The van der Waals surface area contributed by atoms with Crippen molar-refractivity contribution in [1.29, 1.82) is 0 Å². The molecule has 6 heteroatoms. The van der Waals surface area contributed by atoms with Crippen molar-refractivity contribution in [2.75, 3.05) is 5.73 Å². The maximum Gasteiger partial charge on any atom is 0.253 e. The summed E-state index contributed by atoms with van der Waals surface area (Å²) in [6, 6.07) is 12.3. The quantitative estimate of drug-likeness (QED) is 0.717. The van der Waals surface area contributed by atoms with Gasteiger partial charge in [0, 0.05) is 11.9 Å². The molecule has 0 bridgehead atoms. The molecule has 0 saturated carbocycles. The summed E-state index contributed by atoms with van der Waals surface area (Å²) in [6.07, 6.45) is 1.87. The molecule has 3 aromatic rings. The number of para-hydroxylation sites is 1. The number of fused-ring (bicyclic) bond motifs is 1. The third-order valence-corrected chi connectivity index (χ3v) is 3.28. The van der Waals surface area contributed by atoms with E-state index in [0.29, 0.717) is 17.1 Å². The van der Waals surface area contributed by atoms with E-state index < -0.39 is 0 Å². The Hall–Kier alpha value is -2.89. The van der Waals surface area contributed by atoms with Crippen LogP contribution in [-0.4, -0.2) is 20.5 Å². The van der Waals surface area contributed by atoms with Crippen LogP contribution in [0.3, 0.4) is 0 Å². The van der Waals surface area contributed by atoms with Gasteiger partial charge in [-0.2, -0.15) is 0 Å². The van der Waals surface area contributed by atoms with Gasteiger partial charge in [-0.15, -0.1) is 10.2 Å². The second kappa shape index (κ2) is 5.24. The van der Waals surface area contributed by atoms with Gasteiger partial charge in [0.05, 0.1) is 11.6 Å². The second-order valence-electron chi connectivity index (χ2n) is 4.77. The lowest BCUT2D eigenvalue weighted by Crippen LogP contribution is -2.28. The van der Waals surface area contributed by atoms with E-state index in [1.807, 2.05) is 35.7 Å². The van der Waals surface area contributed by atoms with Gasteiger partial charge >= 0.3 is 0 Å². The molecule has 0 aliphatic heterocycles. The third-order valence-electron chi connectivity index (χ3n) is 3.28. The Morgan fingerprint density at radius 3 is 2.76 bits per heavy atom. The van der Waals surface area contributed by atoms with Crippen LogP contribution in [0.2, 0.25) is 0 Å². The summed E-state index contributed by atoms with van der Waals surface area (Å²) in [5, 5.41) is 11.1. The maximum atomic E-state index is 12.3. The summed E-state index contributed by atoms with van der Waals surface area (Å²) in [7, 11) is 0. The van der Waals surface area contributed by atoms with E-state index in [1.54, 1.807) is 24.3 Å². The van der Waals surface area contributed by atoms with Gasteiger partial charge in [0.2, 0.25) is 0 Å². The molecule has 0 spiro atoms. The highest BCUT2D eigenvalue weighted by molar-refractivity contribution is 5.99. The molecule has 0 aliphatic carbocycles. The van der Waals surface area contributed by atoms with Crippen LogP contribution in [0.1, 0.15) is 29.1 Å². The Morgan fingerprint density at radius 1 is 1.19 bits per heavy atom. The van der Waals surface area contributed by atoms with Gasteiger partial charge in [0.25, 0.3) is 5.91 Å². The topological polar surface area (TPSA) is 85.3 Å². The number of pyridine rings is 1. The van der Waals surface area contributed by atoms with E-state index in [2.05, 4.69) is 15.5 Å². The molecule has 1 atom stereocenters. The highest BCUT2D eigenvalue weighted by Crippen LogP contribution is 2.15. The molecule has 106 valence electrons. The predicted molar refractivity (Wildman–Crippen MR) is 79.7 cm³/mol. The van der Waals surface area contributed by atoms with Crippen LogP contribution >= 0.6 is 0 Å². The summed E-state index contributed by atoms with van der Waals surface area (Å²) in [5.74, 6) is 0.446. The van der Waals surface area contributed by atoms with Crippen molar-refractivity contribution >= 4 is 17.2 Å². The highest BCUT2D eigenvalue weighted by atomic mass is 16.1. The minimum atomic E-state index is -0.283. The van der Waals surface area contributed by atoms with Gasteiger partial charge in [-0.25, -0.2) is 0 Å². The number of nitrogens with zero attached hydrogens (tertiary/aromatic N) is 3. The first-order valence-corrected chi connectivity index (χ1v) is 6.62. The van der Waals surface area contributed by atoms with Crippen molar-refractivity contribution < 1.29 is 4.79 Å². The Kier molecular flexibility index (Phi) is 3.27. The molecule has 3 rings (SSSR count). The fraction of sp³-hybridized carbons (Fsp3) is 0.133. The lowest BCUT2D eigenvalue weighted by Gasteiger charge is -2.13. The molecule has 0 saturated heterocycles. The average Bonchev–Trinajstić information content (AvgIpc) is 2.91. The van der Waals surface area contributed by atoms with Crippen molar-refractivity contribution in [2.45, 2.75) is 13.0 Å². The summed E-state index contributed by atoms with van der Waals surface area (Å²) >= 11 is 0. The number of nitrogens with two attached hydrogens (primary N) is 1. The van der Waals surface area contributed by atoms with E-state index in [9.17, 15) is 4.79 Å². The van der Waals surface area contributed by atoms with Crippen molar-refractivity contribution in [2.24, 2.45) is 0 Å². The summed E-state index contributed by atoms with van der Waals surface area (Å²) in [6.45, 7) is 1.86. The minimum Gasteiger partial charge on any atom is -0.398 e. The number of aromatic nitrogens is 3. The zero-order valence-corrected chi connectivity index (χ0v) is 11.5. The van der Waals surface area contributed by atoms with Gasteiger partial charge in [0.1, 0.15) is 0 Å². The Labute approximate surface area is 121 Å². The van der Waals surface area contributed by atoms with Crippen LogP contribution in [0.15, 0.2) is 48.7 Å². The number of carbonyl (C=O) groups excluding carboxylic acids is 1. The molecule has 1 amide bonds. The minimum absolute atomic E-state index is 0.228. The lowest BCUT2D eigenvalue weighted by molar-refractivity contribution is 0.0939. The first kappa shape index (κ1) is 13.1. The fourth-order valence-electron chi connectivity index (χ4n) is 2.20. The normalized spacial score (nSPS) is 12.2. The molecule has 2 heterocycles. The van der Waals surface area contributed by atoms with Crippen LogP contribution < -0.4 is 11.1 Å². The fourth-order valence-corrected chi connectivity index (χ4v) is 2.20. The van der Waals surface area contributed by atoms with Crippen LogP contribution in [0.25, 0.3) is 5.65 Å². The molecule has 0 fully saturated rings. The zero-order valence-electron chi connectivity index (χ0n) is 11.5. The van der Waals surface area contributed by atoms with E-state index in [4.69, 9.17) is 5.73 Å². The number of amides is 1. The van der Waals surface area contributed by atoms with Crippen LogP contribution in [0.4, 0.5) is 5.69 Å². The zero-order chi connectivity index (χ0) is 14.8. The van der Waals surface area contributed by atoms with Crippen molar-refractivity contribution in [3.05, 3.63) is 60.0 Å². The molecule has 2 aromatic heterocycles. The molecule has 1 aromatic carbocycles. The lowest BCUT2D eigenvalue weighted by atomic mass is 10.1. The number of carbonyl (C=O) groups is 1. The first-order chi connectivity index (χ1) is 10.2. The number of nitrogen functional groups attached to an aromatic ring is 1. The molecular weight excluding hydrogens is 266 g/mol. The molecule has 1 unspecified atom stereocenters.